The van der Waals surface area contributed by atoms with Crippen molar-refractivity contribution in [2.24, 2.45) is 0 Å². The van der Waals surface area contributed by atoms with Gasteiger partial charge in [0.1, 0.15) is 13.3 Å². The number of Topliss-reactive ketones (excluding diaryl/α,β-unsaturated/α-hetero) is 1. The molecule has 0 aliphatic carbocycles. The van der Waals surface area contributed by atoms with Crippen molar-refractivity contribution in [1.82, 2.24) is 0 Å². The van der Waals surface area contributed by atoms with Crippen molar-refractivity contribution in [3.05, 3.63) is 69.7 Å². The van der Waals surface area contributed by atoms with Crippen molar-refractivity contribution in [1.29, 1.82) is 0 Å². The van der Waals surface area contributed by atoms with Gasteiger partial charge in [-0.05, 0) is 12.1 Å². The molecule has 0 aliphatic heterocycles. The highest BCUT2D eigenvalue weighted by Gasteiger charge is 2.52. The van der Waals surface area contributed by atoms with Gasteiger partial charge in [-0.15, -0.1) is 23.2 Å². The summed E-state index contributed by atoms with van der Waals surface area (Å²) in [7, 11) is 0. The lowest BCUT2D eigenvalue weighted by Gasteiger charge is -2.33. The summed E-state index contributed by atoms with van der Waals surface area (Å²) < 4.78 is 27.6. The zero-order chi connectivity index (χ0) is 18.0. The van der Waals surface area contributed by atoms with Gasteiger partial charge < -0.3 is 0 Å². The number of rotatable bonds is 6. The van der Waals surface area contributed by atoms with E-state index in [1.165, 1.54) is 24.3 Å². The van der Waals surface area contributed by atoms with Crippen LogP contribution >= 0.6 is 46.4 Å². The molecule has 2 unspecified atom stereocenters. The van der Waals surface area contributed by atoms with E-state index in [9.17, 15) is 13.6 Å². The zero-order valence-electron chi connectivity index (χ0n) is 12.2. The minimum Gasteiger partial charge on any atom is -0.295 e. The van der Waals surface area contributed by atoms with E-state index in [0.717, 1.165) is 0 Å². The van der Waals surface area contributed by atoms with Crippen LogP contribution < -0.4 is 0 Å². The van der Waals surface area contributed by atoms with Crippen LogP contribution in [0.3, 0.4) is 0 Å². The van der Waals surface area contributed by atoms with Gasteiger partial charge in [-0.2, -0.15) is 0 Å². The predicted octanol–water partition coefficient (Wildman–Crippen LogP) is 6.07. The van der Waals surface area contributed by atoms with Crippen LogP contribution in [0.2, 0.25) is 10.0 Å². The van der Waals surface area contributed by atoms with Crippen LogP contribution in [0.15, 0.2) is 48.5 Å². The van der Waals surface area contributed by atoms with Gasteiger partial charge in [-0.3, -0.25) is 4.79 Å². The fourth-order valence-electron chi connectivity index (χ4n) is 2.39. The van der Waals surface area contributed by atoms with Crippen molar-refractivity contribution in [3.8, 4) is 0 Å². The molecule has 0 fully saturated rings. The maximum Gasteiger partial charge on any atom is 0.189 e. The number of halogens is 6. The van der Waals surface area contributed by atoms with E-state index in [1.54, 1.807) is 24.3 Å². The van der Waals surface area contributed by atoms with E-state index in [0.29, 0.717) is 0 Å². The lowest BCUT2D eigenvalue weighted by Crippen LogP contribution is -2.46. The summed E-state index contributed by atoms with van der Waals surface area (Å²) in [5.74, 6) is -1.07. The fraction of sp³-hybridized carbons (Fsp3) is 0.235. The largest absolute Gasteiger partial charge is 0.295 e. The van der Waals surface area contributed by atoms with Crippen LogP contribution in [0.25, 0.3) is 0 Å². The number of hydrogen-bond donors (Lipinski definition) is 0. The Hall–Kier alpha value is -0.870. The Morgan fingerprint density at radius 3 is 1.42 bits per heavy atom. The van der Waals surface area contributed by atoms with Crippen molar-refractivity contribution in [2.45, 2.75) is 9.75 Å². The summed E-state index contributed by atoms with van der Waals surface area (Å²) in [4.78, 5) is 8.53. The quantitative estimate of drug-likeness (QED) is 0.527. The first-order chi connectivity index (χ1) is 11.3. The maximum atomic E-state index is 13.8. The van der Waals surface area contributed by atoms with Crippen LogP contribution in [0, 0.1) is 0 Å². The molecule has 0 aromatic heterocycles. The molecule has 0 bridgehead atoms. The molecule has 1 nitrogen and oxygen atoms in total. The molecule has 0 amide bonds. The van der Waals surface area contributed by atoms with Crippen molar-refractivity contribution >= 4 is 52.2 Å². The molecule has 0 saturated carbocycles. The molecule has 2 rings (SSSR count). The third kappa shape index (κ3) is 3.28. The van der Waals surface area contributed by atoms with Crippen LogP contribution in [-0.2, 0) is 14.5 Å². The molecule has 0 saturated heterocycles. The van der Waals surface area contributed by atoms with E-state index < -0.39 is 28.9 Å². The summed E-state index contributed by atoms with van der Waals surface area (Å²) >= 11 is 24.6. The molecule has 2 atom stereocenters. The Morgan fingerprint density at radius 2 is 1.12 bits per heavy atom. The van der Waals surface area contributed by atoms with E-state index in [4.69, 9.17) is 46.4 Å². The standard InChI is InChI=1S/C17H12Cl4F2O/c18-13-7-3-1-5-11(13)16(20,9-22)15(24)17(21,10-23)12-6-2-4-8-14(12)19/h1-8H,9-10H2. The Bertz CT molecular complexity index is 693. The highest BCUT2D eigenvalue weighted by Crippen LogP contribution is 2.45. The van der Waals surface area contributed by atoms with Gasteiger partial charge in [0.2, 0.25) is 0 Å². The molecule has 0 aliphatic rings. The van der Waals surface area contributed by atoms with Crippen LogP contribution in [0.4, 0.5) is 8.78 Å². The van der Waals surface area contributed by atoms with Gasteiger partial charge in [0.15, 0.2) is 15.5 Å². The molecule has 0 spiro atoms. The zero-order valence-corrected chi connectivity index (χ0v) is 15.2. The second kappa shape index (κ2) is 7.57. The minimum atomic E-state index is -2.23. The van der Waals surface area contributed by atoms with Crippen molar-refractivity contribution < 1.29 is 13.6 Å². The first-order valence-electron chi connectivity index (χ1n) is 6.86. The van der Waals surface area contributed by atoms with E-state index in [1.807, 2.05) is 0 Å². The van der Waals surface area contributed by atoms with Crippen molar-refractivity contribution in [3.63, 3.8) is 0 Å². The van der Waals surface area contributed by atoms with Crippen LogP contribution in [-0.4, -0.2) is 19.1 Å². The van der Waals surface area contributed by atoms with Gasteiger partial charge in [-0.25, -0.2) is 8.78 Å². The average molecular weight is 412 g/mol. The SMILES string of the molecule is O=C(C(Cl)(CF)c1ccccc1Cl)C(Cl)(CF)c1ccccc1Cl. The molecular weight excluding hydrogens is 400 g/mol. The van der Waals surface area contributed by atoms with Gasteiger partial charge in [0, 0.05) is 21.2 Å². The Balaban J connectivity index is 2.62. The number of hydrogen-bond acceptors (Lipinski definition) is 1. The third-order valence-corrected chi connectivity index (χ3v) is 5.30. The van der Waals surface area contributed by atoms with E-state index in [-0.39, 0.29) is 21.2 Å². The summed E-state index contributed by atoms with van der Waals surface area (Å²) in [5.41, 5.74) is 0.0396. The Kier molecular flexibility index (Phi) is 6.14. The number of carbonyl (C=O) groups excluding carboxylic acids is 1. The molecule has 128 valence electrons. The molecule has 0 heterocycles. The first kappa shape index (κ1) is 19.5. The molecule has 0 N–H and O–H groups in total. The molecular formula is C17H12Cl4F2O. The predicted molar refractivity (Wildman–Crippen MR) is 94.9 cm³/mol. The second-order valence-corrected chi connectivity index (χ2v) is 7.26. The average Bonchev–Trinajstić information content (AvgIpc) is 2.60. The summed E-state index contributed by atoms with van der Waals surface area (Å²) in [5, 5.41) is 0.158. The van der Waals surface area contributed by atoms with Gasteiger partial charge in [0.05, 0.1) is 0 Å². The van der Waals surface area contributed by atoms with E-state index >= 15 is 0 Å². The topological polar surface area (TPSA) is 17.1 Å². The maximum absolute atomic E-state index is 13.8. The summed E-state index contributed by atoms with van der Waals surface area (Å²) in [6.07, 6.45) is 0. The highest BCUT2D eigenvalue weighted by atomic mass is 35.5. The number of ketones is 1. The molecule has 2 aromatic carbocycles. The normalized spacial score (nSPS) is 16.2. The summed E-state index contributed by atoms with van der Waals surface area (Å²) in [6.45, 7) is -2.62. The minimum absolute atomic E-state index is 0.0198. The molecule has 7 heteroatoms. The Labute approximate surface area is 158 Å². The Morgan fingerprint density at radius 1 is 0.792 bits per heavy atom. The van der Waals surface area contributed by atoms with E-state index in [2.05, 4.69) is 0 Å². The molecule has 24 heavy (non-hydrogen) atoms. The van der Waals surface area contributed by atoms with Crippen LogP contribution in [0.1, 0.15) is 11.1 Å². The number of alkyl halides is 4. The smallest absolute Gasteiger partial charge is 0.189 e. The fourth-order valence-corrected chi connectivity index (χ4v) is 3.78. The second-order valence-electron chi connectivity index (χ2n) is 5.16. The summed E-state index contributed by atoms with van der Waals surface area (Å²) in [6, 6.07) is 12.0. The van der Waals surface area contributed by atoms with Gasteiger partial charge in [-0.1, -0.05) is 59.6 Å². The van der Waals surface area contributed by atoms with Gasteiger partial charge in [0.25, 0.3) is 0 Å². The van der Waals surface area contributed by atoms with Gasteiger partial charge >= 0.3 is 0 Å². The molecule has 2 aromatic rings. The highest BCUT2D eigenvalue weighted by molar-refractivity contribution is 6.47. The van der Waals surface area contributed by atoms with Crippen LogP contribution in [0.5, 0.6) is 0 Å². The number of benzene rings is 2. The molecule has 0 radical (unpaired) electrons. The first-order valence-corrected chi connectivity index (χ1v) is 8.37. The third-order valence-electron chi connectivity index (χ3n) is 3.69. The lowest BCUT2D eigenvalue weighted by molar-refractivity contribution is -0.125. The monoisotopic (exact) mass is 410 g/mol. The number of carbonyl (C=O) groups is 1. The lowest BCUT2D eigenvalue weighted by atomic mass is 9.83. The van der Waals surface area contributed by atoms with Crippen molar-refractivity contribution in [2.75, 3.05) is 13.3 Å².